The molecule has 0 aliphatic rings. The first kappa shape index (κ1) is 18.6. The standard InChI is InChI=1S/C13H6F5NO5S/c14-7-1-4-11(19(20)21)12(5-7)24-25(22,23)8-2-3-10(15)9(6-8)13(16,17)18/h1-6H. The third-order valence-electron chi connectivity index (χ3n) is 2.85. The van der Waals surface area contributed by atoms with Crippen LogP contribution in [0.3, 0.4) is 0 Å². The van der Waals surface area contributed by atoms with E-state index in [-0.39, 0.29) is 12.1 Å². The first-order valence-electron chi connectivity index (χ1n) is 6.17. The van der Waals surface area contributed by atoms with Crippen molar-refractivity contribution in [3.05, 3.63) is 63.7 Å². The Balaban J connectivity index is 2.51. The molecule has 12 heteroatoms. The van der Waals surface area contributed by atoms with Crippen LogP contribution in [-0.2, 0) is 16.3 Å². The lowest BCUT2D eigenvalue weighted by Gasteiger charge is -2.11. The summed E-state index contributed by atoms with van der Waals surface area (Å²) >= 11 is 0. The van der Waals surface area contributed by atoms with Crippen LogP contribution in [0, 0.1) is 21.7 Å². The molecule has 0 fully saturated rings. The Labute approximate surface area is 136 Å². The minimum atomic E-state index is -5.18. The second-order valence-electron chi connectivity index (χ2n) is 4.55. The van der Waals surface area contributed by atoms with Gasteiger partial charge in [-0.2, -0.15) is 21.6 Å². The van der Waals surface area contributed by atoms with E-state index in [0.29, 0.717) is 24.3 Å². The maximum atomic E-state index is 13.2. The molecule has 0 aliphatic heterocycles. The molecule has 0 atom stereocenters. The molecule has 2 rings (SSSR count). The lowest BCUT2D eigenvalue weighted by molar-refractivity contribution is -0.385. The normalized spacial score (nSPS) is 12.0. The monoisotopic (exact) mass is 383 g/mol. The zero-order valence-electron chi connectivity index (χ0n) is 11.8. The molecule has 0 amide bonds. The van der Waals surface area contributed by atoms with Crippen LogP contribution >= 0.6 is 0 Å². The fourth-order valence-corrected chi connectivity index (χ4v) is 2.71. The van der Waals surface area contributed by atoms with E-state index < -0.39 is 54.7 Å². The molecular formula is C13H6F5NO5S. The fourth-order valence-electron chi connectivity index (χ4n) is 1.75. The molecule has 2 aromatic carbocycles. The Kier molecular flexibility index (Phi) is 4.66. The summed E-state index contributed by atoms with van der Waals surface area (Å²) in [5, 5.41) is 10.8. The number of halogens is 5. The predicted molar refractivity (Wildman–Crippen MR) is 72.3 cm³/mol. The number of benzene rings is 2. The third-order valence-corrected chi connectivity index (χ3v) is 4.08. The molecule has 134 valence electrons. The maximum absolute atomic E-state index is 13.2. The summed E-state index contributed by atoms with van der Waals surface area (Å²) in [5.74, 6) is -3.84. The number of nitro benzene ring substituents is 1. The van der Waals surface area contributed by atoms with Crippen molar-refractivity contribution in [3.63, 3.8) is 0 Å². The zero-order chi connectivity index (χ0) is 19.0. The van der Waals surface area contributed by atoms with E-state index in [1.54, 1.807) is 0 Å². The van der Waals surface area contributed by atoms with Crippen LogP contribution < -0.4 is 4.18 Å². The van der Waals surface area contributed by atoms with E-state index in [4.69, 9.17) is 0 Å². The highest BCUT2D eigenvalue weighted by atomic mass is 32.2. The summed E-state index contributed by atoms with van der Waals surface area (Å²) in [6.45, 7) is 0. The van der Waals surface area contributed by atoms with E-state index >= 15 is 0 Å². The zero-order valence-corrected chi connectivity index (χ0v) is 12.6. The average molecular weight is 383 g/mol. The molecule has 6 nitrogen and oxygen atoms in total. The van der Waals surface area contributed by atoms with Gasteiger partial charge in [-0.15, -0.1) is 0 Å². The van der Waals surface area contributed by atoms with Crippen molar-refractivity contribution in [3.8, 4) is 5.75 Å². The predicted octanol–water partition coefficient (Wildman–Crippen LogP) is 3.66. The van der Waals surface area contributed by atoms with Gasteiger partial charge in [0.05, 0.1) is 10.5 Å². The van der Waals surface area contributed by atoms with E-state index in [0.717, 1.165) is 0 Å². The highest BCUT2D eigenvalue weighted by molar-refractivity contribution is 7.87. The summed E-state index contributed by atoms with van der Waals surface area (Å²) in [5.41, 5.74) is -2.80. The lowest BCUT2D eigenvalue weighted by atomic mass is 10.2. The first-order chi connectivity index (χ1) is 11.4. The van der Waals surface area contributed by atoms with Gasteiger partial charge in [0.2, 0.25) is 5.75 Å². The van der Waals surface area contributed by atoms with Gasteiger partial charge in [-0.05, 0) is 24.3 Å². The van der Waals surface area contributed by atoms with Crippen molar-refractivity contribution in [2.75, 3.05) is 0 Å². The van der Waals surface area contributed by atoms with Gasteiger partial charge in [0.1, 0.15) is 16.5 Å². The van der Waals surface area contributed by atoms with Crippen LogP contribution in [0.2, 0.25) is 0 Å². The molecule has 0 N–H and O–H groups in total. The minimum absolute atomic E-state index is 0.0319. The average Bonchev–Trinajstić information content (AvgIpc) is 2.45. The van der Waals surface area contributed by atoms with Gasteiger partial charge in [-0.3, -0.25) is 10.1 Å². The van der Waals surface area contributed by atoms with Gasteiger partial charge < -0.3 is 4.18 Å². The van der Waals surface area contributed by atoms with Crippen LogP contribution in [0.4, 0.5) is 27.6 Å². The summed E-state index contributed by atoms with van der Waals surface area (Å²) in [6.07, 6.45) is -5.18. The van der Waals surface area contributed by atoms with Crippen molar-refractivity contribution in [2.24, 2.45) is 0 Å². The highest BCUT2D eigenvalue weighted by Crippen LogP contribution is 2.34. The van der Waals surface area contributed by atoms with Crippen LogP contribution in [0.15, 0.2) is 41.3 Å². The van der Waals surface area contributed by atoms with Gasteiger partial charge in [-0.25, -0.2) is 8.78 Å². The topological polar surface area (TPSA) is 86.5 Å². The number of hydrogen-bond acceptors (Lipinski definition) is 5. The number of nitro groups is 1. The second-order valence-corrected chi connectivity index (χ2v) is 6.09. The molecule has 0 spiro atoms. The number of nitrogens with zero attached hydrogens (tertiary/aromatic N) is 1. The number of rotatable bonds is 4. The second kappa shape index (κ2) is 6.27. The van der Waals surface area contributed by atoms with E-state index in [2.05, 4.69) is 4.18 Å². The summed E-state index contributed by atoms with van der Waals surface area (Å²) < 4.78 is 92.7. The third kappa shape index (κ3) is 4.02. The first-order valence-corrected chi connectivity index (χ1v) is 7.58. The van der Waals surface area contributed by atoms with Crippen molar-refractivity contribution in [1.82, 2.24) is 0 Å². The largest absolute Gasteiger partial charge is 0.419 e. The van der Waals surface area contributed by atoms with E-state index in [1.165, 1.54) is 0 Å². The van der Waals surface area contributed by atoms with Gasteiger partial charge in [0.25, 0.3) is 0 Å². The van der Waals surface area contributed by atoms with Crippen LogP contribution in [-0.4, -0.2) is 13.3 Å². The molecule has 0 saturated heterocycles. The van der Waals surface area contributed by atoms with Crippen LogP contribution in [0.25, 0.3) is 0 Å². The Morgan fingerprint density at radius 1 is 1.04 bits per heavy atom. The number of alkyl halides is 3. The van der Waals surface area contributed by atoms with Crippen molar-refractivity contribution >= 4 is 15.8 Å². The molecular weight excluding hydrogens is 377 g/mol. The van der Waals surface area contributed by atoms with Crippen molar-refractivity contribution < 1.29 is 39.5 Å². The Hall–Kier alpha value is -2.76. The van der Waals surface area contributed by atoms with Gasteiger partial charge >= 0.3 is 22.0 Å². The fraction of sp³-hybridized carbons (Fsp3) is 0.0769. The molecule has 0 heterocycles. The maximum Gasteiger partial charge on any atom is 0.419 e. The summed E-state index contributed by atoms with van der Waals surface area (Å²) in [4.78, 5) is 8.61. The number of hydrogen-bond donors (Lipinski definition) is 0. The smallest absolute Gasteiger partial charge is 0.371 e. The highest BCUT2D eigenvalue weighted by Gasteiger charge is 2.36. The van der Waals surface area contributed by atoms with Crippen molar-refractivity contribution in [2.45, 2.75) is 11.1 Å². The van der Waals surface area contributed by atoms with E-state index in [9.17, 15) is 40.5 Å². The quantitative estimate of drug-likeness (QED) is 0.348. The summed E-state index contributed by atoms with van der Waals surface area (Å²) in [6, 6.07) is 2.35. The Morgan fingerprint density at radius 3 is 2.24 bits per heavy atom. The Bertz CT molecular complexity index is 942. The summed E-state index contributed by atoms with van der Waals surface area (Å²) in [7, 11) is -5.02. The van der Waals surface area contributed by atoms with Gasteiger partial charge in [-0.1, -0.05) is 0 Å². The lowest BCUT2D eigenvalue weighted by Crippen LogP contribution is -2.14. The molecule has 0 aliphatic carbocycles. The molecule has 2 aromatic rings. The molecule has 0 aromatic heterocycles. The molecule has 0 bridgehead atoms. The minimum Gasteiger partial charge on any atom is -0.371 e. The van der Waals surface area contributed by atoms with Gasteiger partial charge in [0.15, 0.2) is 0 Å². The molecule has 0 radical (unpaired) electrons. The van der Waals surface area contributed by atoms with E-state index in [1.807, 2.05) is 0 Å². The van der Waals surface area contributed by atoms with Gasteiger partial charge in [0, 0.05) is 12.1 Å². The molecule has 0 saturated carbocycles. The van der Waals surface area contributed by atoms with Crippen LogP contribution in [0.1, 0.15) is 5.56 Å². The Morgan fingerprint density at radius 2 is 1.68 bits per heavy atom. The van der Waals surface area contributed by atoms with Crippen LogP contribution in [0.5, 0.6) is 5.75 Å². The molecule has 0 unspecified atom stereocenters. The molecule has 25 heavy (non-hydrogen) atoms. The van der Waals surface area contributed by atoms with Crippen molar-refractivity contribution in [1.29, 1.82) is 0 Å². The SMILES string of the molecule is O=[N+]([O-])c1ccc(F)cc1OS(=O)(=O)c1ccc(F)c(C(F)(F)F)c1.